The number of unbranched alkanes of at least 4 members (excludes halogenated alkanes) is 3. The van der Waals surface area contributed by atoms with Crippen molar-refractivity contribution in [3.63, 3.8) is 0 Å². The van der Waals surface area contributed by atoms with Gasteiger partial charge in [-0.1, -0.05) is 12.8 Å². The number of likely N-dealkylation sites (tertiary alicyclic amines) is 1. The Labute approximate surface area is 181 Å². The van der Waals surface area contributed by atoms with Gasteiger partial charge in [-0.25, -0.2) is 0 Å². The number of nitrogens with one attached hydrogen (secondary N) is 2. The molecule has 0 radical (unpaired) electrons. The highest BCUT2D eigenvalue weighted by Crippen LogP contribution is 2.20. The summed E-state index contributed by atoms with van der Waals surface area (Å²) in [5.41, 5.74) is 0. The van der Waals surface area contributed by atoms with Gasteiger partial charge < -0.3 is 20.3 Å². The first-order valence-electron chi connectivity index (χ1n) is 9.92. The number of nitrogens with zero attached hydrogens (tertiary/aromatic N) is 2. The molecule has 1 heterocycles. The van der Waals surface area contributed by atoms with E-state index in [0.29, 0.717) is 25.4 Å². The summed E-state index contributed by atoms with van der Waals surface area (Å²) < 4.78 is 4.92. The van der Waals surface area contributed by atoms with Crippen LogP contribution in [-0.2, 0) is 14.3 Å². The van der Waals surface area contributed by atoms with Gasteiger partial charge in [0.2, 0.25) is 5.91 Å². The SMILES string of the molecule is CCOC(=O)CCCCCCNC(=NC)N1CCC(CC(=O)NC)CC1.I. The standard InChI is InChI=1S/C19H36N4O3.HI/c1-4-26-18(25)9-7-5-6-8-12-22-19(21-3)23-13-10-16(11-14-23)15-17(24)20-2;/h16H,4-15H2,1-3H3,(H,20,24)(H,21,22);1H. The van der Waals surface area contributed by atoms with Gasteiger partial charge in [0.25, 0.3) is 0 Å². The monoisotopic (exact) mass is 496 g/mol. The fraction of sp³-hybridized carbons (Fsp3) is 0.842. The molecule has 0 aliphatic carbocycles. The van der Waals surface area contributed by atoms with Crippen LogP contribution in [0.2, 0.25) is 0 Å². The molecule has 27 heavy (non-hydrogen) atoms. The van der Waals surface area contributed by atoms with Crippen LogP contribution in [0.1, 0.15) is 58.3 Å². The molecular weight excluding hydrogens is 459 g/mol. The first kappa shape index (κ1) is 25.9. The van der Waals surface area contributed by atoms with E-state index in [1.807, 2.05) is 14.0 Å². The number of guanidine groups is 1. The molecule has 0 unspecified atom stereocenters. The Morgan fingerprint density at radius 1 is 1.15 bits per heavy atom. The van der Waals surface area contributed by atoms with Crippen LogP contribution in [0.5, 0.6) is 0 Å². The quantitative estimate of drug-likeness (QED) is 0.160. The van der Waals surface area contributed by atoms with Gasteiger partial charge in [0.1, 0.15) is 0 Å². The minimum Gasteiger partial charge on any atom is -0.466 e. The van der Waals surface area contributed by atoms with Crippen LogP contribution in [-0.4, -0.2) is 63.1 Å². The molecule has 158 valence electrons. The zero-order valence-corrected chi connectivity index (χ0v) is 19.4. The molecule has 0 aromatic heterocycles. The van der Waals surface area contributed by atoms with E-state index in [0.717, 1.165) is 64.1 Å². The summed E-state index contributed by atoms with van der Waals surface area (Å²) in [5.74, 6) is 1.47. The highest BCUT2D eigenvalue weighted by molar-refractivity contribution is 14.0. The number of carbonyl (C=O) groups is 2. The molecule has 1 amide bonds. The highest BCUT2D eigenvalue weighted by atomic mass is 127. The van der Waals surface area contributed by atoms with Gasteiger partial charge in [-0.15, -0.1) is 24.0 Å². The Kier molecular flexibility index (Phi) is 15.3. The number of hydrogen-bond donors (Lipinski definition) is 2. The third-order valence-corrected chi connectivity index (χ3v) is 4.77. The number of piperidine rings is 1. The van der Waals surface area contributed by atoms with E-state index in [9.17, 15) is 9.59 Å². The maximum Gasteiger partial charge on any atom is 0.305 e. The van der Waals surface area contributed by atoms with Crippen LogP contribution in [0.15, 0.2) is 4.99 Å². The predicted octanol–water partition coefficient (Wildman–Crippen LogP) is 2.54. The van der Waals surface area contributed by atoms with Gasteiger partial charge in [0.05, 0.1) is 6.61 Å². The van der Waals surface area contributed by atoms with E-state index >= 15 is 0 Å². The van der Waals surface area contributed by atoms with Crippen LogP contribution in [0.3, 0.4) is 0 Å². The molecule has 1 rings (SSSR count). The molecule has 2 N–H and O–H groups in total. The van der Waals surface area contributed by atoms with Crippen LogP contribution >= 0.6 is 24.0 Å². The molecule has 1 saturated heterocycles. The van der Waals surface area contributed by atoms with Crippen molar-refractivity contribution in [1.29, 1.82) is 0 Å². The molecule has 8 heteroatoms. The summed E-state index contributed by atoms with van der Waals surface area (Å²) >= 11 is 0. The number of carbonyl (C=O) groups excluding carboxylic acids is 2. The van der Waals surface area contributed by atoms with Gasteiger partial charge in [-0.2, -0.15) is 0 Å². The molecule has 0 saturated carbocycles. The lowest BCUT2D eigenvalue weighted by atomic mass is 9.93. The number of esters is 1. The minimum absolute atomic E-state index is 0. The maximum absolute atomic E-state index is 11.5. The first-order chi connectivity index (χ1) is 12.6. The summed E-state index contributed by atoms with van der Waals surface area (Å²) in [6.07, 6.45) is 7.31. The van der Waals surface area contributed by atoms with E-state index in [4.69, 9.17) is 4.74 Å². The third-order valence-electron chi connectivity index (χ3n) is 4.77. The Morgan fingerprint density at radius 2 is 1.81 bits per heavy atom. The average Bonchev–Trinajstić information content (AvgIpc) is 2.65. The summed E-state index contributed by atoms with van der Waals surface area (Å²) in [5, 5.41) is 6.14. The van der Waals surface area contributed by atoms with Crippen LogP contribution in [0, 0.1) is 5.92 Å². The lowest BCUT2D eigenvalue weighted by Crippen LogP contribution is -2.46. The van der Waals surface area contributed by atoms with E-state index < -0.39 is 0 Å². The maximum atomic E-state index is 11.5. The van der Waals surface area contributed by atoms with Crippen molar-refractivity contribution in [2.75, 3.05) is 40.3 Å². The van der Waals surface area contributed by atoms with Crippen LogP contribution in [0.25, 0.3) is 0 Å². The molecule has 0 spiro atoms. The van der Waals surface area contributed by atoms with Crippen molar-refractivity contribution in [2.24, 2.45) is 10.9 Å². The van der Waals surface area contributed by atoms with E-state index in [2.05, 4.69) is 20.5 Å². The second-order valence-electron chi connectivity index (χ2n) is 6.75. The molecular formula is C19H37IN4O3. The molecule has 0 aromatic carbocycles. The van der Waals surface area contributed by atoms with E-state index in [1.54, 1.807) is 7.05 Å². The van der Waals surface area contributed by atoms with Crippen molar-refractivity contribution in [3.05, 3.63) is 0 Å². The second-order valence-corrected chi connectivity index (χ2v) is 6.75. The smallest absolute Gasteiger partial charge is 0.305 e. The largest absolute Gasteiger partial charge is 0.466 e. The third kappa shape index (κ3) is 11.4. The fourth-order valence-corrected chi connectivity index (χ4v) is 3.23. The number of amides is 1. The van der Waals surface area contributed by atoms with E-state index in [1.165, 1.54) is 0 Å². The number of halogens is 1. The molecule has 1 aliphatic heterocycles. The van der Waals surface area contributed by atoms with Crippen molar-refractivity contribution in [2.45, 2.75) is 58.3 Å². The zero-order chi connectivity index (χ0) is 19.2. The van der Waals surface area contributed by atoms with Gasteiger partial charge in [0, 0.05) is 46.6 Å². The predicted molar refractivity (Wildman–Crippen MR) is 119 cm³/mol. The number of aliphatic imine (C=N–C) groups is 1. The summed E-state index contributed by atoms with van der Waals surface area (Å²) in [6.45, 7) is 5.08. The lowest BCUT2D eigenvalue weighted by Gasteiger charge is -2.34. The molecule has 0 aromatic rings. The number of rotatable bonds is 10. The zero-order valence-electron chi connectivity index (χ0n) is 17.1. The summed E-state index contributed by atoms with van der Waals surface area (Å²) in [4.78, 5) is 29.4. The van der Waals surface area contributed by atoms with Crippen molar-refractivity contribution in [3.8, 4) is 0 Å². The molecule has 0 bridgehead atoms. The van der Waals surface area contributed by atoms with Gasteiger partial charge in [0.15, 0.2) is 5.96 Å². The minimum atomic E-state index is -0.0918. The van der Waals surface area contributed by atoms with Gasteiger partial charge in [-0.05, 0) is 38.5 Å². The summed E-state index contributed by atoms with van der Waals surface area (Å²) in [7, 11) is 3.51. The second kappa shape index (κ2) is 15.9. The van der Waals surface area contributed by atoms with Crippen molar-refractivity contribution in [1.82, 2.24) is 15.5 Å². The molecule has 0 atom stereocenters. The van der Waals surface area contributed by atoms with Gasteiger partial charge >= 0.3 is 5.97 Å². The van der Waals surface area contributed by atoms with Crippen LogP contribution in [0.4, 0.5) is 0 Å². The molecule has 7 nitrogen and oxygen atoms in total. The number of ether oxygens (including phenoxy) is 1. The molecule has 1 fully saturated rings. The van der Waals surface area contributed by atoms with E-state index in [-0.39, 0.29) is 35.9 Å². The molecule has 1 aliphatic rings. The number of hydrogen-bond acceptors (Lipinski definition) is 4. The lowest BCUT2D eigenvalue weighted by molar-refractivity contribution is -0.143. The Bertz CT molecular complexity index is 452. The summed E-state index contributed by atoms with van der Waals surface area (Å²) in [6, 6.07) is 0. The Hall–Kier alpha value is -1.06. The first-order valence-corrected chi connectivity index (χ1v) is 9.92. The normalized spacial score (nSPS) is 15.1. The van der Waals surface area contributed by atoms with Crippen LogP contribution < -0.4 is 10.6 Å². The highest BCUT2D eigenvalue weighted by Gasteiger charge is 2.22. The Balaban J connectivity index is 0.00000676. The topological polar surface area (TPSA) is 83.0 Å². The Morgan fingerprint density at radius 3 is 2.41 bits per heavy atom. The average molecular weight is 496 g/mol. The fourth-order valence-electron chi connectivity index (χ4n) is 3.23. The van der Waals surface area contributed by atoms with Gasteiger partial charge in [-0.3, -0.25) is 14.6 Å². The van der Waals surface area contributed by atoms with Crippen molar-refractivity contribution < 1.29 is 14.3 Å². The van der Waals surface area contributed by atoms with Crippen molar-refractivity contribution >= 4 is 41.8 Å².